The second-order valence-electron chi connectivity index (χ2n) is 9.81. The minimum atomic E-state index is 0.0833. The summed E-state index contributed by atoms with van der Waals surface area (Å²) in [6.45, 7) is 8.92. The number of carbonyl (C=O) groups is 1. The Labute approximate surface area is 208 Å². The van der Waals surface area contributed by atoms with Gasteiger partial charge in [-0.1, -0.05) is 60.5 Å². The number of likely N-dealkylation sites (tertiary alicyclic amines) is 2. The molecule has 0 aliphatic carbocycles. The molecule has 0 radical (unpaired) electrons. The molecule has 1 atom stereocenters. The van der Waals surface area contributed by atoms with Crippen LogP contribution in [0, 0.1) is 11.8 Å². The van der Waals surface area contributed by atoms with Gasteiger partial charge in [0.2, 0.25) is 5.91 Å². The summed E-state index contributed by atoms with van der Waals surface area (Å²) in [7, 11) is 0. The maximum atomic E-state index is 12.8. The molecule has 0 saturated carbocycles. The van der Waals surface area contributed by atoms with Crippen LogP contribution < -0.4 is 5.32 Å². The lowest BCUT2D eigenvalue weighted by molar-refractivity contribution is -0.126. The summed E-state index contributed by atoms with van der Waals surface area (Å²) in [6, 6.07) is 14.3. The number of nitrogens with zero attached hydrogens (tertiary/aromatic N) is 2. The highest BCUT2D eigenvalue weighted by atomic mass is 35.5. The normalized spacial score (nSPS) is 20.6. The van der Waals surface area contributed by atoms with Gasteiger partial charge in [0.05, 0.1) is 0 Å². The second-order valence-corrected chi connectivity index (χ2v) is 10.7. The Morgan fingerprint density at radius 2 is 1.76 bits per heavy atom. The van der Waals surface area contributed by atoms with Crippen molar-refractivity contribution in [1.82, 2.24) is 15.1 Å². The fourth-order valence-corrected chi connectivity index (χ4v) is 5.57. The molecule has 2 fully saturated rings. The highest BCUT2D eigenvalue weighted by Crippen LogP contribution is 2.25. The third-order valence-corrected chi connectivity index (χ3v) is 7.56. The Balaban J connectivity index is 1.22. The number of benzene rings is 2. The predicted octanol–water partition coefficient (Wildman–Crippen LogP) is 5.75. The van der Waals surface area contributed by atoms with Gasteiger partial charge in [0.25, 0.3) is 0 Å². The minimum absolute atomic E-state index is 0.0833. The third-order valence-electron chi connectivity index (χ3n) is 6.97. The lowest BCUT2D eigenvalue weighted by Crippen LogP contribution is -2.40. The summed E-state index contributed by atoms with van der Waals surface area (Å²) in [4.78, 5) is 17.7. The van der Waals surface area contributed by atoms with E-state index in [0.717, 1.165) is 50.5 Å². The zero-order chi connectivity index (χ0) is 23.2. The van der Waals surface area contributed by atoms with Crippen molar-refractivity contribution in [2.24, 2.45) is 11.8 Å². The first-order valence-corrected chi connectivity index (χ1v) is 13.0. The van der Waals surface area contributed by atoms with Gasteiger partial charge in [0.1, 0.15) is 0 Å². The molecule has 4 nitrogen and oxygen atoms in total. The summed E-state index contributed by atoms with van der Waals surface area (Å²) in [5, 5.41) is 4.55. The van der Waals surface area contributed by atoms with Crippen LogP contribution in [0.25, 0.3) is 0 Å². The molecule has 1 unspecified atom stereocenters. The Bertz CT molecular complexity index is 943. The number of nitrogens with one attached hydrogen (secondary N) is 1. The molecule has 6 heteroatoms. The van der Waals surface area contributed by atoms with Gasteiger partial charge in [-0.05, 0) is 80.1 Å². The van der Waals surface area contributed by atoms with Crippen molar-refractivity contribution in [3.63, 3.8) is 0 Å². The fourth-order valence-electron chi connectivity index (χ4n) is 5.10. The number of piperidine rings is 2. The van der Waals surface area contributed by atoms with Crippen LogP contribution in [-0.2, 0) is 24.4 Å². The molecule has 1 N–H and O–H groups in total. The monoisotopic (exact) mass is 487 g/mol. The molecular weight excluding hydrogens is 453 g/mol. The molecule has 1 amide bonds. The summed E-state index contributed by atoms with van der Waals surface area (Å²) in [5.74, 6) is 1.05. The maximum absolute atomic E-state index is 12.8. The summed E-state index contributed by atoms with van der Waals surface area (Å²) < 4.78 is 0. The lowest BCUT2D eigenvalue weighted by atomic mass is 9.95. The third kappa shape index (κ3) is 7.19. The first kappa shape index (κ1) is 24.5. The van der Waals surface area contributed by atoms with Gasteiger partial charge in [-0.2, -0.15) is 0 Å². The fraction of sp³-hybridized carbons (Fsp3) is 0.519. The van der Waals surface area contributed by atoms with Gasteiger partial charge in [-0.15, -0.1) is 0 Å². The van der Waals surface area contributed by atoms with Crippen molar-refractivity contribution in [3.05, 3.63) is 69.2 Å². The van der Waals surface area contributed by atoms with E-state index in [9.17, 15) is 4.79 Å². The molecule has 2 saturated heterocycles. The van der Waals surface area contributed by atoms with E-state index in [4.69, 9.17) is 23.2 Å². The zero-order valence-corrected chi connectivity index (χ0v) is 21.0. The molecule has 2 heterocycles. The van der Waals surface area contributed by atoms with Crippen LogP contribution in [0.2, 0.25) is 10.0 Å². The number of amides is 1. The van der Waals surface area contributed by atoms with Crippen LogP contribution in [0.15, 0.2) is 42.5 Å². The number of halogens is 2. The van der Waals surface area contributed by atoms with Crippen molar-refractivity contribution in [3.8, 4) is 0 Å². The van der Waals surface area contributed by atoms with E-state index >= 15 is 0 Å². The molecule has 0 bridgehead atoms. The number of carbonyl (C=O) groups excluding carboxylic acids is 1. The average Bonchev–Trinajstić information content (AvgIpc) is 2.80. The first-order chi connectivity index (χ1) is 16.0. The molecule has 4 rings (SSSR count). The quantitative estimate of drug-likeness (QED) is 0.539. The SMILES string of the molecule is CC1CCCN(Cc2cccc(CNC(=O)C3CCN(Cc4ccc(Cl)cc4Cl)CC3)c2)C1. The summed E-state index contributed by atoms with van der Waals surface area (Å²) in [5.41, 5.74) is 3.61. The van der Waals surface area contributed by atoms with Crippen molar-refractivity contribution >= 4 is 29.1 Å². The van der Waals surface area contributed by atoms with Crippen LogP contribution in [0.1, 0.15) is 49.3 Å². The molecule has 2 aromatic carbocycles. The Hall–Kier alpha value is -1.59. The number of hydrogen-bond acceptors (Lipinski definition) is 3. The van der Waals surface area contributed by atoms with Gasteiger partial charge in [-0.3, -0.25) is 14.6 Å². The summed E-state index contributed by atoms with van der Waals surface area (Å²) >= 11 is 12.3. The predicted molar refractivity (Wildman–Crippen MR) is 136 cm³/mol. The van der Waals surface area contributed by atoms with E-state index in [0.29, 0.717) is 16.6 Å². The molecule has 2 aliphatic rings. The van der Waals surface area contributed by atoms with Gasteiger partial charge >= 0.3 is 0 Å². The van der Waals surface area contributed by atoms with Crippen LogP contribution in [0.5, 0.6) is 0 Å². The van der Waals surface area contributed by atoms with Gasteiger partial charge < -0.3 is 5.32 Å². The van der Waals surface area contributed by atoms with Crippen molar-refractivity contribution in [2.75, 3.05) is 26.2 Å². The van der Waals surface area contributed by atoms with Gasteiger partial charge in [0, 0.05) is 42.1 Å². The zero-order valence-electron chi connectivity index (χ0n) is 19.5. The number of rotatable bonds is 7. The van der Waals surface area contributed by atoms with Crippen molar-refractivity contribution < 1.29 is 4.79 Å². The largest absolute Gasteiger partial charge is 0.352 e. The Morgan fingerprint density at radius 1 is 0.970 bits per heavy atom. The molecule has 0 aromatic heterocycles. The molecule has 33 heavy (non-hydrogen) atoms. The van der Waals surface area contributed by atoms with Gasteiger partial charge in [0.15, 0.2) is 0 Å². The lowest BCUT2D eigenvalue weighted by Gasteiger charge is -2.31. The van der Waals surface area contributed by atoms with E-state index in [1.165, 1.54) is 37.1 Å². The molecule has 178 valence electrons. The van der Waals surface area contributed by atoms with Gasteiger partial charge in [-0.25, -0.2) is 0 Å². The smallest absolute Gasteiger partial charge is 0.223 e. The van der Waals surface area contributed by atoms with Crippen LogP contribution >= 0.6 is 23.2 Å². The van der Waals surface area contributed by atoms with Crippen LogP contribution in [0.4, 0.5) is 0 Å². The molecule has 2 aromatic rings. The molecule has 2 aliphatic heterocycles. The molecule has 0 spiro atoms. The highest BCUT2D eigenvalue weighted by molar-refractivity contribution is 6.35. The minimum Gasteiger partial charge on any atom is -0.352 e. The average molecular weight is 489 g/mol. The van der Waals surface area contributed by atoms with E-state index in [1.54, 1.807) is 6.07 Å². The molecular formula is C27H35Cl2N3O. The van der Waals surface area contributed by atoms with Crippen molar-refractivity contribution in [2.45, 2.75) is 52.2 Å². The Kier molecular flexibility index (Phi) is 8.70. The topological polar surface area (TPSA) is 35.6 Å². The van der Waals surface area contributed by atoms with Crippen molar-refractivity contribution in [1.29, 1.82) is 0 Å². The maximum Gasteiger partial charge on any atom is 0.223 e. The first-order valence-electron chi connectivity index (χ1n) is 12.2. The Morgan fingerprint density at radius 3 is 2.52 bits per heavy atom. The highest BCUT2D eigenvalue weighted by Gasteiger charge is 2.25. The van der Waals surface area contributed by atoms with Crippen LogP contribution in [0.3, 0.4) is 0 Å². The summed E-state index contributed by atoms with van der Waals surface area (Å²) in [6.07, 6.45) is 4.40. The second kappa shape index (κ2) is 11.7. The van der Waals surface area contributed by atoms with Crippen LogP contribution in [-0.4, -0.2) is 41.9 Å². The standard InChI is InChI=1S/C27H35Cl2N3O/c1-20-4-3-11-32(17-20)18-22-6-2-5-21(14-22)16-30-27(33)23-9-12-31(13-10-23)19-24-7-8-25(28)15-26(24)29/h2,5-8,14-15,20,23H,3-4,9-13,16-19H2,1H3,(H,30,33). The number of hydrogen-bond donors (Lipinski definition) is 1. The van der Waals surface area contributed by atoms with E-state index in [2.05, 4.69) is 46.3 Å². The van der Waals surface area contributed by atoms with E-state index < -0.39 is 0 Å². The van der Waals surface area contributed by atoms with E-state index in [-0.39, 0.29) is 11.8 Å². The van der Waals surface area contributed by atoms with E-state index in [1.807, 2.05) is 12.1 Å².